The molecule has 26 heavy (non-hydrogen) atoms. The van der Waals surface area contributed by atoms with Crippen LogP contribution >= 0.6 is 0 Å². The number of ether oxygens (including phenoxy) is 1. The molecule has 0 bridgehead atoms. The summed E-state index contributed by atoms with van der Waals surface area (Å²) < 4.78 is 5.03. The molecule has 0 saturated heterocycles. The summed E-state index contributed by atoms with van der Waals surface area (Å²) in [4.78, 5) is 34.7. The van der Waals surface area contributed by atoms with E-state index in [0.29, 0.717) is 25.8 Å². The molecule has 2 amide bonds. The lowest BCUT2D eigenvalue weighted by Gasteiger charge is -2.20. The van der Waals surface area contributed by atoms with Gasteiger partial charge in [0, 0.05) is 13.5 Å². The maximum Gasteiger partial charge on any atom is 0.302 e. The second-order valence-corrected chi connectivity index (χ2v) is 6.75. The highest BCUT2D eigenvalue weighted by molar-refractivity contribution is 5.77. The van der Waals surface area contributed by atoms with Crippen molar-refractivity contribution >= 4 is 17.8 Å². The fraction of sp³-hybridized carbons (Fsp3) is 0.722. The summed E-state index contributed by atoms with van der Waals surface area (Å²) in [6, 6.07) is 0.0359. The van der Waals surface area contributed by atoms with Gasteiger partial charge in [-0.3, -0.25) is 14.4 Å². The first kappa shape index (κ1) is 24.3. The van der Waals surface area contributed by atoms with Gasteiger partial charge in [-0.1, -0.05) is 0 Å². The largest absolute Gasteiger partial charge is 0.476 e. The summed E-state index contributed by atoms with van der Waals surface area (Å²) in [6.45, 7) is 5.96. The summed E-state index contributed by atoms with van der Waals surface area (Å²) in [5.74, 6) is -0.436. The van der Waals surface area contributed by atoms with Crippen LogP contribution in [0.3, 0.4) is 0 Å². The number of amides is 2. The van der Waals surface area contributed by atoms with E-state index in [-0.39, 0.29) is 42.5 Å². The van der Waals surface area contributed by atoms with Gasteiger partial charge in [0.25, 0.3) is 0 Å². The number of carbonyl (C=O) groups is 3. The molecule has 0 fully saturated rings. The van der Waals surface area contributed by atoms with Crippen LogP contribution in [-0.2, 0) is 19.1 Å². The van der Waals surface area contributed by atoms with Crippen molar-refractivity contribution in [2.24, 2.45) is 0 Å². The number of nitrogens with two attached hydrogens (primary N) is 2. The molecule has 3 atom stereocenters. The van der Waals surface area contributed by atoms with Gasteiger partial charge in [0.1, 0.15) is 6.61 Å². The van der Waals surface area contributed by atoms with E-state index in [0.717, 1.165) is 12.8 Å². The molecule has 0 aromatic heterocycles. The Bertz CT molecular complexity index is 431. The number of hydrogen-bond donors (Lipinski definition) is 4. The third kappa shape index (κ3) is 13.6. The van der Waals surface area contributed by atoms with Crippen LogP contribution in [0.1, 0.15) is 52.9 Å². The van der Waals surface area contributed by atoms with Crippen molar-refractivity contribution in [2.45, 2.75) is 71.0 Å². The second kappa shape index (κ2) is 14.5. The highest BCUT2D eigenvalue weighted by Gasteiger charge is 2.16. The van der Waals surface area contributed by atoms with Crippen LogP contribution in [0.15, 0.2) is 0 Å². The van der Waals surface area contributed by atoms with Crippen molar-refractivity contribution in [2.75, 3.05) is 13.2 Å². The van der Waals surface area contributed by atoms with Crippen LogP contribution in [-0.4, -0.2) is 49.1 Å². The van der Waals surface area contributed by atoms with E-state index in [1.165, 1.54) is 6.92 Å². The van der Waals surface area contributed by atoms with E-state index in [9.17, 15) is 14.4 Å². The number of esters is 1. The molecule has 0 heterocycles. The van der Waals surface area contributed by atoms with Crippen molar-refractivity contribution in [1.82, 2.24) is 10.6 Å². The fourth-order valence-electron chi connectivity index (χ4n) is 2.27. The van der Waals surface area contributed by atoms with Crippen molar-refractivity contribution in [1.29, 1.82) is 0 Å². The molecule has 0 aromatic carbocycles. The van der Waals surface area contributed by atoms with Gasteiger partial charge >= 0.3 is 5.97 Å². The Hall–Kier alpha value is -1.67. The topological polar surface area (TPSA) is 118 Å². The van der Waals surface area contributed by atoms with Crippen LogP contribution in [0.2, 0.25) is 0 Å². The number of carbonyl (C=O) groups excluding carboxylic acids is 3. The summed E-state index contributed by atoms with van der Waals surface area (Å²) in [6.07, 6.45) is 3.08. The number of nitrogens with one attached hydrogen (secondary N) is 2. The average Bonchev–Trinajstić information content (AvgIpc) is 2.58. The van der Waals surface area contributed by atoms with E-state index in [4.69, 9.17) is 4.74 Å². The van der Waals surface area contributed by atoms with E-state index >= 15 is 0 Å². The quantitative estimate of drug-likeness (QED) is 0.170. The van der Waals surface area contributed by atoms with Gasteiger partial charge in [0.05, 0.1) is 31.0 Å². The molecule has 0 aromatic rings. The van der Waals surface area contributed by atoms with Crippen molar-refractivity contribution in [3.05, 3.63) is 14.1 Å². The zero-order valence-corrected chi connectivity index (χ0v) is 16.4. The number of hydrogen-bond acceptors (Lipinski definition) is 4. The molecule has 0 spiro atoms. The smallest absolute Gasteiger partial charge is 0.302 e. The first-order valence-corrected chi connectivity index (χ1v) is 9.23. The van der Waals surface area contributed by atoms with E-state index in [2.05, 4.69) is 24.7 Å². The second-order valence-electron chi connectivity index (χ2n) is 6.75. The Kier molecular flexibility index (Phi) is 13.6. The van der Waals surface area contributed by atoms with Gasteiger partial charge in [0.15, 0.2) is 0 Å². The predicted octanol–water partition coefficient (Wildman–Crippen LogP) is -1.41. The van der Waals surface area contributed by atoms with E-state index < -0.39 is 0 Å². The third-order valence-electron chi connectivity index (χ3n) is 3.97. The minimum absolute atomic E-state index is 0.0144. The Labute approximate surface area is 157 Å². The Balaban J connectivity index is 4.15. The predicted molar refractivity (Wildman–Crippen MR) is 98.1 cm³/mol. The molecular weight excluding hydrogens is 336 g/mol. The monoisotopic (exact) mass is 372 g/mol. The van der Waals surface area contributed by atoms with Gasteiger partial charge in [-0.2, -0.15) is 14.1 Å². The lowest BCUT2D eigenvalue weighted by Crippen LogP contribution is -2.83. The molecule has 152 valence electrons. The number of unbranched alkanes of at least 4 members (excludes halogenated alkanes) is 1. The molecule has 0 aliphatic carbocycles. The van der Waals surface area contributed by atoms with Crippen molar-refractivity contribution in [3.8, 4) is 0 Å². The molecule has 8 nitrogen and oxygen atoms in total. The minimum atomic E-state index is -0.368. The number of quaternary nitrogens is 2. The highest BCUT2D eigenvalue weighted by atomic mass is 16.5. The van der Waals surface area contributed by atoms with Crippen LogP contribution < -0.4 is 21.3 Å². The molecule has 0 aliphatic rings. The standard InChI is InChI=1S/C18H36N4O4/c1-13(19-4)10-17(24)21-9-7-6-8-16(12-26-15(3)23)22-18(25)11-14(2)20-5/h13-14,16H,4-12,19-20H2,1-3H3,(H,21,24)(H,22,25)/t13-,14-,16+/m1/s1. The molecule has 6 N–H and O–H groups in total. The zero-order valence-electron chi connectivity index (χ0n) is 16.4. The lowest BCUT2D eigenvalue weighted by molar-refractivity contribution is -0.629. The normalized spacial score (nSPS) is 14.2. The van der Waals surface area contributed by atoms with Gasteiger partial charge in [-0.15, -0.1) is 0 Å². The van der Waals surface area contributed by atoms with Gasteiger partial charge in [-0.05, 0) is 33.1 Å². The summed E-state index contributed by atoms with van der Waals surface area (Å²) in [7, 11) is 7.33. The van der Waals surface area contributed by atoms with E-state index in [1.807, 2.05) is 13.8 Å². The molecular formula is C18H36N4O4. The molecule has 0 saturated carbocycles. The van der Waals surface area contributed by atoms with Gasteiger partial charge in [-0.25, -0.2) is 0 Å². The third-order valence-corrected chi connectivity index (χ3v) is 3.97. The van der Waals surface area contributed by atoms with Crippen molar-refractivity contribution < 1.29 is 29.8 Å². The molecule has 0 aliphatic heterocycles. The first-order chi connectivity index (χ1) is 12.3. The maximum absolute atomic E-state index is 12.0. The van der Waals surface area contributed by atoms with Crippen LogP contribution in [0.25, 0.3) is 0 Å². The minimum Gasteiger partial charge on any atom is -0.476 e. The molecule has 8 heteroatoms. The summed E-state index contributed by atoms with van der Waals surface area (Å²) in [5.41, 5.74) is 0. The van der Waals surface area contributed by atoms with Crippen LogP contribution in [0, 0.1) is 14.1 Å². The fourth-order valence-corrected chi connectivity index (χ4v) is 2.27. The van der Waals surface area contributed by atoms with Crippen molar-refractivity contribution in [3.63, 3.8) is 0 Å². The molecule has 0 unspecified atom stereocenters. The Morgan fingerprint density at radius 1 is 1.00 bits per heavy atom. The summed E-state index contributed by atoms with van der Waals surface area (Å²) >= 11 is 0. The van der Waals surface area contributed by atoms with Crippen LogP contribution in [0.5, 0.6) is 0 Å². The Morgan fingerprint density at radius 2 is 1.58 bits per heavy atom. The SMILES string of the molecule is [CH2-][NH2+][C@H](C)CC(=O)NCCCC[C@@H](COC(C)=O)NC(=O)C[C@@H](C)[NH2+][CH2-]. The Morgan fingerprint density at radius 3 is 2.12 bits per heavy atom. The van der Waals surface area contributed by atoms with Gasteiger partial charge < -0.3 is 26.0 Å². The summed E-state index contributed by atoms with van der Waals surface area (Å²) in [5, 5.41) is 9.28. The number of rotatable bonds is 14. The maximum atomic E-state index is 12.0. The average molecular weight is 373 g/mol. The zero-order chi connectivity index (χ0) is 19.9. The van der Waals surface area contributed by atoms with Crippen LogP contribution in [0.4, 0.5) is 0 Å². The lowest BCUT2D eigenvalue weighted by atomic mass is 10.1. The van der Waals surface area contributed by atoms with E-state index in [1.54, 1.807) is 10.6 Å². The molecule has 0 rings (SSSR count). The first-order valence-electron chi connectivity index (χ1n) is 9.23. The molecule has 0 radical (unpaired) electrons. The highest BCUT2D eigenvalue weighted by Crippen LogP contribution is 2.03. The van der Waals surface area contributed by atoms with Gasteiger partial charge in [0.2, 0.25) is 11.8 Å².